The lowest BCUT2D eigenvalue weighted by Gasteiger charge is -2.06. The molecule has 0 amide bonds. The van der Waals surface area contributed by atoms with Crippen molar-refractivity contribution in [1.29, 1.82) is 0 Å². The highest BCUT2D eigenvalue weighted by Crippen LogP contribution is 2.26. The molecule has 0 saturated carbocycles. The molecule has 2 nitrogen and oxygen atoms in total. The number of aromatic nitrogens is 1. The van der Waals surface area contributed by atoms with Gasteiger partial charge in [-0.2, -0.15) is 0 Å². The molecular weight excluding hydrogens is 309 g/mol. The summed E-state index contributed by atoms with van der Waals surface area (Å²) in [5, 5.41) is 1.04. The highest BCUT2D eigenvalue weighted by atomic mass is 79.9. The van der Waals surface area contributed by atoms with E-state index in [0.717, 1.165) is 10.9 Å². The topological polar surface area (TPSA) is 22.1 Å². The van der Waals surface area contributed by atoms with Gasteiger partial charge in [0.25, 0.3) is 0 Å². The van der Waals surface area contributed by atoms with Gasteiger partial charge in [-0.05, 0) is 24.3 Å². The molecule has 0 bridgehead atoms. The van der Waals surface area contributed by atoms with Crippen molar-refractivity contribution in [1.82, 2.24) is 4.98 Å². The minimum atomic E-state index is -0.356. The van der Waals surface area contributed by atoms with E-state index in [9.17, 15) is 4.39 Å². The average molecular weight is 318 g/mol. The van der Waals surface area contributed by atoms with E-state index in [1.807, 2.05) is 30.3 Å². The van der Waals surface area contributed by atoms with E-state index in [2.05, 4.69) is 20.9 Å². The smallest absolute Gasteiger partial charge is 0.219 e. The number of para-hydroxylation sites is 1. The molecule has 3 rings (SSSR count). The van der Waals surface area contributed by atoms with Crippen molar-refractivity contribution < 1.29 is 9.13 Å². The summed E-state index contributed by atoms with van der Waals surface area (Å²) >= 11 is 3.23. The average Bonchev–Trinajstić information content (AvgIpc) is 2.37. The van der Waals surface area contributed by atoms with E-state index in [1.165, 1.54) is 12.1 Å². The number of rotatable bonds is 2. The molecule has 3 aromatic rings. The highest BCUT2D eigenvalue weighted by molar-refractivity contribution is 9.10. The van der Waals surface area contributed by atoms with E-state index in [-0.39, 0.29) is 5.82 Å². The van der Waals surface area contributed by atoms with Crippen molar-refractivity contribution >= 4 is 26.8 Å². The minimum Gasteiger partial charge on any atom is -0.439 e. The molecule has 1 heterocycles. The second kappa shape index (κ2) is 4.97. The maximum atomic E-state index is 13.3. The largest absolute Gasteiger partial charge is 0.439 e. The molecule has 0 fully saturated rings. The zero-order chi connectivity index (χ0) is 13.2. The molecule has 2 aromatic carbocycles. The molecular formula is C15H9BrFNO. The van der Waals surface area contributed by atoms with Gasteiger partial charge in [0, 0.05) is 22.0 Å². The van der Waals surface area contributed by atoms with E-state index in [1.54, 1.807) is 12.1 Å². The van der Waals surface area contributed by atoms with Crippen LogP contribution in [0.5, 0.6) is 11.6 Å². The Morgan fingerprint density at radius 2 is 1.84 bits per heavy atom. The van der Waals surface area contributed by atoms with Crippen molar-refractivity contribution in [3.8, 4) is 11.6 Å². The Morgan fingerprint density at radius 3 is 2.68 bits per heavy atom. The summed E-state index contributed by atoms with van der Waals surface area (Å²) in [6.07, 6.45) is 0. The third kappa shape index (κ3) is 2.74. The number of benzene rings is 2. The van der Waals surface area contributed by atoms with Crippen molar-refractivity contribution in [3.05, 3.63) is 64.9 Å². The summed E-state index contributed by atoms with van der Waals surface area (Å²) in [7, 11) is 0. The quantitative estimate of drug-likeness (QED) is 0.668. The van der Waals surface area contributed by atoms with Gasteiger partial charge in [0.05, 0.1) is 5.52 Å². The van der Waals surface area contributed by atoms with Crippen LogP contribution in [0.1, 0.15) is 0 Å². The Kier molecular flexibility index (Phi) is 3.17. The van der Waals surface area contributed by atoms with Gasteiger partial charge in [0.1, 0.15) is 11.6 Å². The summed E-state index contributed by atoms with van der Waals surface area (Å²) in [6.45, 7) is 0. The van der Waals surface area contributed by atoms with Crippen LogP contribution in [-0.4, -0.2) is 4.98 Å². The van der Waals surface area contributed by atoms with Gasteiger partial charge in [-0.1, -0.05) is 34.1 Å². The molecule has 0 aliphatic heterocycles. The monoisotopic (exact) mass is 317 g/mol. The third-order valence-electron chi connectivity index (χ3n) is 2.63. The first kappa shape index (κ1) is 12.1. The highest BCUT2D eigenvalue weighted by Gasteiger charge is 2.03. The number of pyridine rings is 1. The molecule has 19 heavy (non-hydrogen) atoms. The number of nitrogens with zero attached hydrogens (tertiary/aromatic N) is 1. The number of fused-ring (bicyclic) bond motifs is 1. The van der Waals surface area contributed by atoms with Crippen LogP contribution in [-0.2, 0) is 0 Å². The Hall–Kier alpha value is -1.94. The van der Waals surface area contributed by atoms with Crippen LogP contribution >= 0.6 is 15.9 Å². The number of hydrogen-bond donors (Lipinski definition) is 0. The van der Waals surface area contributed by atoms with Crippen LogP contribution in [0.2, 0.25) is 0 Å². The molecule has 0 radical (unpaired) electrons. The Morgan fingerprint density at radius 1 is 1.00 bits per heavy atom. The summed E-state index contributed by atoms with van der Waals surface area (Å²) in [6, 6.07) is 15.8. The van der Waals surface area contributed by atoms with Gasteiger partial charge >= 0.3 is 0 Å². The first-order valence-corrected chi connectivity index (χ1v) is 6.50. The molecule has 4 heteroatoms. The van der Waals surface area contributed by atoms with Gasteiger partial charge in [-0.25, -0.2) is 9.37 Å². The lowest BCUT2D eigenvalue weighted by molar-refractivity contribution is 0.460. The van der Waals surface area contributed by atoms with Crippen LogP contribution in [0.25, 0.3) is 10.9 Å². The fourth-order valence-corrected chi connectivity index (χ4v) is 2.26. The third-order valence-corrected chi connectivity index (χ3v) is 3.09. The predicted molar refractivity (Wildman–Crippen MR) is 75.9 cm³/mol. The Balaban J connectivity index is 1.96. The van der Waals surface area contributed by atoms with Crippen molar-refractivity contribution in [3.63, 3.8) is 0 Å². The first-order valence-electron chi connectivity index (χ1n) is 5.70. The molecule has 0 N–H and O–H groups in total. The lowest BCUT2D eigenvalue weighted by atomic mass is 10.2. The first-order chi connectivity index (χ1) is 9.20. The zero-order valence-electron chi connectivity index (χ0n) is 9.81. The van der Waals surface area contributed by atoms with E-state index >= 15 is 0 Å². The van der Waals surface area contributed by atoms with Gasteiger partial charge in [-0.15, -0.1) is 0 Å². The Bertz CT molecular complexity index is 725. The van der Waals surface area contributed by atoms with Crippen LogP contribution in [0.3, 0.4) is 0 Å². The molecule has 0 atom stereocenters. The standard InChI is InChI=1S/C15H9BrFNO/c16-11-7-12(17)9-13(8-11)19-15-6-5-10-3-1-2-4-14(10)18-15/h1-9H. The SMILES string of the molecule is Fc1cc(Br)cc(Oc2ccc3ccccc3n2)c1. The maximum absolute atomic E-state index is 13.3. The fourth-order valence-electron chi connectivity index (χ4n) is 1.81. The molecule has 0 saturated heterocycles. The molecule has 0 aliphatic carbocycles. The van der Waals surface area contributed by atoms with Crippen LogP contribution in [0, 0.1) is 5.82 Å². The minimum absolute atomic E-state index is 0.356. The molecule has 0 unspecified atom stereocenters. The normalized spacial score (nSPS) is 10.6. The fraction of sp³-hybridized carbons (Fsp3) is 0. The number of hydrogen-bond acceptors (Lipinski definition) is 2. The van der Waals surface area contributed by atoms with E-state index in [4.69, 9.17) is 4.74 Å². The summed E-state index contributed by atoms with van der Waals surface area (Å²) in [4.78, 5) is 4.37. The van der Waals surface area contributed by atoms with Gasteiger partial charge in [0.15, 0.2) is 0 Å². The van der Waals surface area contributed by atoms with Gasteiger partial charge in [0.2, 0.25) is 5.88 Å². The predicted octanol–water partition coefficient (Wildman–Crippen LogP) is 4.93. The lowest BCUT2D eigenvalue weighted by Crippen LogP contribution is -1.89. The number of halogens is 2. The molecule has 0 spiro atoms. The van der Waals surface area contributed by atoms with Gasteiger partial charge in [-0.3, -0.25) is 0 Å². The van der Waals surface area contributed by atoms with Crippen LogP contribution in [0.15, 0.2) is 59.1 Å². The zero-order valence-corrected chi connectivity index (χ0v) is 11.4. The second-order valence-electron chi connectivity index (χ2n) is 4.05. The summed E-state index contributed by atoms with van der Waals surface area (Å²) < 4.78 is 19.4. The van der Waals surface area contributed by atoms with Crippen molar-refractivity contribution in [2.75, 3.05) is 0 Å². The van der Waals surface area contributed by atoms with E-state index in [0.29, 0.717) is 16.1 Å². The van der Waals surface area contributed by atoms with Crippen LogP contribution in [0.4, 0.5) is 4.39 Å². The van der Waals surface area contributed by atoms with Crippen molar-refractivity contribution in [2.45, 2.75) is 0 Å². The van der Waals surface area contributed by atoms with E-state index < -0.39 is 0 Å². The number of ether oxygens (including phenoxy) is 1. The second-order valence-corrected chi connectivity index (χ2v) is 4.97. The summed E-state index contributed by atoms with van der Waals surface area (Å²) in [5.74, 6) is 0.496. The van der Waals surface area contributed by atoms with Crippen molar-refractivity contribution in [2.24, 2.45) is 0 Å². The maximum Gasteiger partial charge on any atom is 0.219 e. The van der Waals surface area contributed by atoms with Crippen LogP contribution < -0.4 is 4.74 Å². The molecule has 0 aliphatic rings. The molecule has 94 valence electrons. The summed E-state index contributed by atoms with van der Waals surface area (Å²) in [5.41, 5.74) is 0.843. The van der Waals surface area contributed by atoms with Gasteiger partial charge < -0.3 is 4.74 Å². The molecule has 1 aromatic heterocycles. The Labute approximate surface area is 118 Å².